The first-order chi connectivity index (χ1) is 6.12. The Morgan fingerprint density at radius 3 is 2.92 bits per heavy atom. The molecule has 1 spiro atoms. The van der Waals surface area contributed by atoms with Crippen molar-refractivity contribution in [3.05, 3.63) is 0 Å². The van der Waals surface area contributed by atoms with Crippen LogP contribution < -0.4 is 0 Å². The summed E-state index contributed by atoms with van der Waals surface area (Å²) in [6.45, 7) is 2.52. The molecule has 2 fully saturated rings. The van der Waals surface area contributed by atoms with Gasteiger partial charge in [-0.15, -0.1) is 0 Å². The van der Waals surface area contributed by atoms with Crippen molar-refractivity contribution in [2.45, 2.75) is 17.7 Å². The summed E-state index contributed by atoms with van der Waals surface area (Å²) in [7, 11) is 2.03. The molecule has 0 bridgehead atoms. The fourth-order valence-corrected chi connectivity index (χ4v) is 3.88. The first-order valence-electron chi connectivity index (χ1n) is 4.49. The zero-order chi connectivity index (χ0) is 9.47. The molecule has 0 aromatic heterocycles. The van der Waals surface area contributed by atoms with Crippen LogP contribution in [0.4, 0.5) is 0 Å². The molecule has 74 valence electrons. The molecule has 0 aromatic carbocycles. The van der Waals surface area contributed by atoms with Crippen LogP contribution in [0, 0.1) is 0 Å². The monoisotopic (exact) mass is 218 g/mol. The summed E-state index contributed by atoms with van der Waals surface area (Å²) in [5, 5.41) is 0.297. The number of carbonyl (C=O) groups excluding carboxylic acids is 1. The number of thioether (sulfide) groups is 1. The van der Waals surface area contributed by atoms with Crippen LogP contribution in [0.2, 0.25) is 0 Å². The van der Waals surface area contributed by atoms with Crippen LogP contribution in [-0.4, -0.2) is 45.9 Å². The lowest BCUT2D eigenvalue weighted by Gasteiger charge is -2.40. The minimum Gasteiger partial charge on any atom is -0.286 e. The lowest BCUT2D eigenvalue weighted by Crippen LogP contribution is -2.50. The number of hydrogen-bond donors (Lipinski definition) is 1. The molecule has 1 atom stereocenters. The van der Waals surface area contributed by atoms with Crippen molar-refractivity contribution in [3.63, 3.8) is 0 Å². The van der Waals surface area contributed by atoms with Gasteiger partial charge < -0.3 is 0 Å². The molecule has 2 saturated heterocycles. The Bertz CT molecular complexity index is 236. The summed E-state index contributed by atoms with van der Waals surface area (Å²) >= 11 is 5.86. The Kier molecular flexibility index (Phi) is 2.61. The number of piperidine rings is 1. The van der Waals surface area contributed by atoms with Gasteiger partial charge in [0.1, 0.15) is 0 Å². The molecule has 2 aliphatic rings. The molecule has 13 heavy (non-hydrogen) atoms. The maximum Gasteiger partial charge on any atom is 0.204 e. The molecule has 0 radical (unpaired) electrons. The lowest BCUT2D eigenvalue weighted by atomic mass is 10.1. The first-order valence-corrected chi connectivity index (χ1v) is 5.71. The zero-order valence-corrected chi connectivity index (χ0v) is 9.40. The Morgan fingerprint density at radius 1 is 1.62 bits per heavy atom. The summed E-state index contributed by atoms with van der Waals surface area (Å²) in [5.41, 5.74) is 0. The molecule has 1 unspecified atom stereocenters. The van der Waals surface area contributed by atoms with Gasteiger partial charge in [-0.25, -0.2) is 0 Å². The predicted molar refractivity (Wildman–Crippen MR) is 57.8 cm³/mol. The van der Waals surface area contributed by atoms with Gasteiger partial charge in [-0.2, -0.15) is 0 Å². The second kappa shape index (κ2) is 3.46. The molecular formula is C8H14N2OS2. The summed E-state index contributed by atoms with van der Waals surface area (Å²) in [5.74, 6) is 0. The molecule has 3 nitrogen and oxygen atoms in total. The SMILES string of the molecule is CN1CC(=O)SC12CCCN(S)C2. The lowest BCUT2D eigenvalue weighted by molar-refractivity contribution is -0.111. The molecule has 2 rings (SSSR count). The van der Waals surface area contributed by atoms with Crippen molar-refractivity contribution >= 4 is 29.7 Å². The maximum atomic E-state index is 11.3. The van der Waals surface area contributed by atoms with E-state index in [1.54, 1.807) is 0 Å². The van der Waals surface area contributed by atoms with E-state index in [1.807, 2.05) is 11.4 Å². The van der Waals surface area contributed by atoms with Crippen molar-refractivity contribution < 1.29 is 4.79 Å². The standard InChI is InChI=1S/C8H14N2OS2/c1-9-5-7(11)13-8(9)3-2-4-10(12)6-8/h12H,2-6H2,1H3. The average molecular weight is 218 g/mol. The van der Waals surface area contributed by atoms with Gasteiger partial charge in [0, 0.05) is 13.1 Å². The van der Waals surface area contributed by atoms with Crippen LogP contribution in [0.15, 0.2) is 0 Å². The van der Waals surface area contributed by atoms with Crippen LogP contribution in [0.5, 0.6) is 0 Å². The van der Waals surface area contributed by atoms with Gasteiger partial charge in [-0.05, 0) is 19.9 Å². The van der Waals surface area contributed by atoms with Gasteiger partial charge in [-0.3, -0.25) is 14.0 Å². The fraction of sp³-hybridized carbons (Fsp3) is 0.875. The summed E-state index contributed by atoms with van der Waals surface area (Å²) in [4.78, 5) is 13.5. The number of carbonyl (C=O) groups is 1. The molecular weight excluding hydrogens is 204 g/mol. The highest BCUT2D eigenvalue weighted by Crippen LogP contribution is 2.42. The van der Waals surface area contributed by atoms with Crippen molar-refractivity contribution in [1.29, 1.82) is 0 Å². The molecule has 0 N–H and O–H groups in total. The smallest absolute Gasteiger partial charge is 0.204 e. The number of rotatable bonds is 0. The summed E-state index contributed by atoms with van der Waals surface area (Å²) in [6, 6.07) is 0. The van der Waals surface area contributed by atoms with E-state index >= 15 is 0 Å². The van der Waals surface area contributed by atoms with E-state index in [9.17, 15) is 4.79 Å². The van der Waals surface area contributed by atoms with Crippen molar-refractivity contribution in [2.24, 2.45) is 0 Å². The molecule has 0 aliphatic carbocycles. The van der Waals surface area contributed by atoms with Crippen LogP contribution in [0.25, 0.3) is 0 Å². The second-order valence-corrected chi connectivity index (χ2v) is 5.75. The van der Waals surface area contributed by atoms with Gasteiger partial charge >= 0.3 is 0 Å². The van der Waals surface area contributed by atoms with Crippen LogP contribution >= 0.6 is 24.6 Å². The third kappa shape index (κ3) is 1.75. The first kappa shape index (κ1) is 9.83. The van der Waals surface area contributed by atoms with Crippen molar-refractivity contribution in [1.82, 2.24) is 9.21 Å². The maximum absolute atomic E-state index is 11.3. The van der Waals surface area contributed by atoms with E-state index in [0.717, 1.165) is 25.9 Å². The van der Waals surface area contributed by atoms with E-state index in [1.165, 1.54) is 11.8 Å². The zero-order valence-electron chi connectivity index (χ0n) is 7.69. The third-order valence-electron chi connectivity index (χ3n) is 2.78. The summed E-state index contributed by atoms with van der Waals surface area (Å²) in [6.07, 6.45) is 2.24. The number of thiol groups is 1. The van der Waals surface area contributed by atoms with Gasteiger partial charge in [0.05, 0.1) is 11.4 Å². The quantitative estimate of drug-likeness (QED) is 0.608. The molecule has 2 aliphatic heterocycles. The van der Waals surface area contributed by atoms with Gasteiger partial charge in [-0.1, -0.05) is 24.6 Å². The van der Waals surface area contributed by atoms with E-state index < -0.39 is 0 Å². The normalized spacial score (nSPS) is 37.5. The minimum atomic E-state index is 0.0249. The van der Waals surface area contributed by atoms with Gasteiger partial charge in [0.15, 0.2) is 0 Å². The van der Waals surface area contributed by atoms with Gasteiger partial charge in [0.25, 0.3) is 0 Å². The summed E-state index contributed by atoms with van der Waals surface area (Å²) < 4.78 is 2.02. The Hall–Kier alpha value is 0.290. The van der Waals surface area contributed by atoms with Crippen LogP contribution in [0.3, 0.4) is 0 Å². The third-order valence-corrected chi connectivity index (χ3v) is 4.50. The predicted octanol–water partition coefficient (Wildman–Crippen LogP) is 0.829. The minimum absolute atomic E-state index is 0.0249. The Labute approximate surface area is 88.4 Å². The van der Waals surface area contributed by atoms with Crippen molar-refractivity contribution in [3.8, 4) is 0 Å². The number of nitrogens with zero attached hydrogens (tertiary/aromatic N) is 2. The number of hydrogen-bond acceptors (Lipinski definition) is 5. The van der Waals surface area contributed by atoms with Crippen molar-refractivity contribution in [2.75, 3.05) is 26.7 Å². The molecule has 5 heteroatoms. The second-order valence-electron chi connectivity index (χ2n) is 3.77. The average Bonchev–Trinajstić information content (AvgIpc) is 2.26. The largest absolute Gasteiger partial charge is 0.286 e. The fourth-order valence-electron chi connectivity index (χ4n) is 2.04. The topological polar surface area (TPSA) is 23.6 Å². The van der Waals surface area contributed by atoms with Gasteiger partial charge in [0.2, 0.25) is 5.12 Å². The van der Waals surface area contributed by atoms with Crippen LogP contribution in [0.1, 0.15) is 12.8 Å². The Balaban J connectivity index is 2.14. The molecule has 0 aromatic rings. The highest BCUT2D eigenvalue weighted by Gasteiger charge is 2.46. The van der Waals surface area contributed by atoms with Crippen LogP contribution in [-0.2, 0) is 4.79 Å². The number of likely N-dealkylation sites (N-methyl/N-ethyl adjacent to an activating group) is 1. The Morgan fingerprint density at radius 2 is 2.38 bits per heavy atom. The van der Waals surface area contributed by atoms with E-state index in [2.05, 4.69) is 17.7 Å². The molecule has 0 amide bonds. The van der Waals surface area contributed by atoms with E-state index in [4.69, 9.17) is 0 Å². The van der Waals surface area contributed by atoms with E-state index in [0.29, 0.717) is 11.7 Å². The molecule has 2 heterocycles. The highest BCUT2D eigenvalue weighted by atomic mass is 32.2. The van der Waals surface area contributed by atoms with E-state index in [-0.39, 0.29) is 4.87 Å². The highest BCUT2D eigenvalue weighted by molar-refractivity contribution is 8.15. The molecule has 0 saturated carbocycles.